The Morgan fingerprint density at radius 1 is 1.00 bits per heavy atom. The van der Waals surface area contributed by atoms with E-state index in [-0.39, 0.29) is 0 Å². The zero-order valence-corrected chi connectivity index (χ0v) is 8.81. The molecule has 0 bridgehead atoms. The SMILES string of the molecule is NC(CC(=O)O)Cc1c(F)c(F)c(F)c(F)c1F. The molecule has 0 aliphatic carbocycles. The first-order chi connectivity index (χ1) is 8.25. The smallest absolute Gasteiger partial charge is 0.304 e. The van der Waals surface area contributed by atoms with E-state index < -0.39 is 59.5 Å². The molecule has 0 fully saturated rings. The maximum Gasteiger partial charge on any atom is 0.304 e. The standard InChI is InChI=1S/C10H8F5NO2/c11-6-4(1-3(16)2-5(17)18)7(12)9(14)10(15)8(6)13/h3H,1-2,16H2,(H,17,18). The van der Waals surface area contributed by atoms with Crippen LogP contribution in [0.5, 0.6) is 0 Å². The fourth-order valence-corrected chi connectivity index (χ4v) is 1.39. The maximum atomic E-state index is 13.2. The number of benzene rings is 1. The zero-order chi connectivity index (χ0) is 14.0. The Hall–Kier alpha value is -1.70. The van der Waals surface area contributed by atoms with Gasteiger partial charge in [-0.1, -0.05) is 0 Å². The molecule has 3 N–H and O–H groups in total. The summed E-state index contributed by atoms with van der Waals surface area (Å²) in [5.74, 6) is -11.7. The van der Waals surface area contributed by atoms with Crippen LogP contribution in [0, 0.1) is 29.1 Å². The molecule has 0 saturated carbocycles. The molecule has 0 saturated heterocycles. The van der Waals surface area contributed by atoms with Crippen molar-refractivity contribution in [3.63, 3.8) is 0 Å². The Morgan fingerprint density at radius 2 is 1.39 bits per heavy atom. The first-order valence-electron chi connectivity index (χ1n) is 4.73. The molecule has 1 unspecified atom stereocenters. The summed E-state index contributed by atoms with van der Waals surface area (Å²) < 4.78 is 64.6. The van der Waals surface area contributed by atoms with Crippen molar-refractivity contribution < 1.29 is 31.9 Å². The number of aliphatic carboxylic acids is 1. The van der Waals surface area contributed by atoms with Gasteiger partial charge in [0.15, 0.2) is 23.3 Å². The molecule has 0 amide bonds. The highest BCUT2D eigenvalue weighted by atomic mass is 19.2. The number of halogens is 5. The Bertz CT molecular complexity index is 463. The van der Waals surface area contributed by atoms with Gasteiger partial charge in [-0.15, -0.1) is 0 Å². The van der Waals surface area contributed by atoms with Gasteiger partial charge in [-0.05, 0) is 6.42 Å². The van der Waals surface area contributed by atoms with E-state index >= 15 is 0 Å². The molecule has 3 nitrogen and oxygen atoms in total. The lowest BCUT2D eigenvalue weighted by molar-refractivity contribution is -0.137. The van der Waals surface area contributed by atoms with E-state index in [4.69, 9.17) is 10.8 Å². The van der Waals surface area contributed by atoms with Gasteiger partial charge in [-0.3, -0.25) is 4.79 Å². The van der Waals surface area contributed by atoms with Crippen molar-refractivity contribution in [3.8, 4) is 0 Å². The van der Waals surface area contributed by atoms with Crippen molar-refractivity contribution in [2.45, 2.75) is 18.9 Å². The van der Waals surface area contributed by atoms with E-state index in [1.807, 2.05) is 0 Å². The molecule has 8 heteroatoms. The molecule has 1 aromatic carbocycles. The van der Waals surface area contributed by atoms with E-state index in [1.165, 1.54) is 0 Å². The Labute approximate surface area is 98.0 Å². The summed E-state index contributed by atoms with van der Waals surface area (Å²) in [6.07, 6.45) is -1.42. The number of hydrogen-bond acceptors (Lipinski definition) is 2. The molecule has 0 aliphatic rings. The topological polar surface area (TPSA) is 63.3 Å². The second-order valence-electron chi connectivity index (χ2n) is 3.61. The highest BCUT2D eigenvalue weighted by molar-refractivity contribution is 5.67. The van der Waals surface area contributed by atoms with E-state index in [0.717, 1.165) is 0 Å². The van der Waals surface area contributed by atoms with Crippen molar-refractivity contribution in [2.75, 3.05) is 0 Å². The largest absolute Gasteiger partial charge is 0.481 e. The van der Waals surface area contributed by atoms with Crippen molar-refractivity contribution in [1.82, 2.24) is 0 Å². The van der Waals surface area contributed by atoms with E-state index in [2.05, 4.69) is 0 Å². The third kappa shape index (κ3) is 2.76. The molecule has 1 aromatic rings. The molecular weight excluding hydrogens is 261 g/mol. The van der Waals surface area contributed by atoms with Gasteiger partial charge in [0.1, 0.15) is 0 Å². The molecule has 18 heavy (non-hydrogen) atoms. The molecular formula is C10H8F5NO2. The number of rotatable bonds is 4. The van der Waals surface area contributed by atoms with Gasteiger partial charge in [0, 0.05) is 11.6 Å². The third-order valence-electron chi connectivity index (χ3n) is 2.20. The second-order valence-corrected chi connectivity index (χ2v) is 3.61. The third-order valence-corrected chi connectivity index (χ3v) is 2.20. The molecule has 100 valence electrons. The number of hydrogen-bond donors (Lipinski definition) is 2. The minimum atomic E-state index is -2.26. The van der Waals surface area contributed by atoms with Crippen LogP contribution in [0.4, 0.5) is 22.0 Å². The van der Waals surface area contributed by atoms with Gasteiger partial charge < -0.3 is 10.8 Å². The number of carboxylic acids is 1. The molecule has 1 rings (SSSR count). The second kappa shape index (κ2) is 5.30. The molecule has 0 aliphatic heterocycles. The zero-order valence-electron chi connectivity index (χ0n) is 8.81. The van der Waals surface area contributed by atoms with Gasteiger partial charge in [-0.2, -0.15) is 0 Å². The van der Waals surface area contributed by atoms with Crippen molar-refractivity contribution in [1.29, 1.82) is 0 Å². The summed E-state index contributed by atoms with van der Waals surface area (Å²) in [4.78, 5) is 10.3. The molecule has 0 aromatic heterocycles. The van der Waals surface area contributed by atoms with Crippen molar-refractivity contribution in [3.05, 3.63) is 34.6 Å². The normalized spacial score (nSPS) is 12.6. The number of carbonyl (C=O) groups is 1. The predicted octanol–water partition coefficient (Wildman–Crippen LogP) is 1.73. The monoisotopic (exact) mass is 269 g/mol. The van der Waals surface area contributed by atoms with Crippen LogP contribution in [-0.4, -0.2) is 17.1 Å². The van der Waals surface area contributed by atoms with Gasteiger partial charge in [0.05, 0.1) is 6.42 Å². The first kappa shape index (κ1) is 14.4. The average Bonchev–Trinajstić information content (AvgIpc) is 2.29. The van der Waals surface area contributed by atoms with Crippen LogP contribution in [0.25, 0.3) is 0 Å². The van der Waals surface area contributed by atoms with Gasteiger partial charge >= 0.3 is 5.97 Å². The lowest BCUT2D eigenvalue weighted by Crippen LogP contribution is -2.27. The van der Waals surface area contributed by atoms with Crippen LogP contribution < -0.4 is 5.73 Å². The molecule has 0 spiro atoms. The summed E-state index contributed by atoms with van der Waals surface area (Å²) in [5.41, 5.74) is 4.12. The van der Waals surface area contributed by atoms with Crippen molar-refractivity contribution in [2.24, 2.45) is 5.73 Å². The van der Waals surface area contributed by atoms with Crippen LogP contribution in [-0.2, 0) is 11.2 Å². The summed E-state index contributed by atoms with van der Waals surface area (Å²) in [7, 11) is 0. The van der Waals surface area contributed by atoms with E-state index in [0.29, 0.717) is 0 Å². The Balaban J connectivity index is 3.13. The van der Waals surface area contributed by atoms with E-state index in [9.17, 15) is 26.7 Å². The fraction of sp³-hybridized carbons (Fsp3) is 0.300. The number of nitrogens with two attached hydrogens (primary N) is 1. The maximum absolute atomic E-state index is 13.2. The molecule has 0 heterocycles. The van der Waals surface area contributed by atoms with E-state index in [1.54, 1.807) is 0 Å². The Kier molecular flexibility index (Phi) is 4.23. The van der Waals surface area contributed by atoms with Gasteiger partial charge in [0.25, 0.3) is 0 Å². The van der Waals surface area contributed by atoms with Crippen LogP contribution in [0.3, 0.4) is 0 Å². The highest BCUT2D eigenvalue weighted by Gasteiger charge is 2.26. The van der Waals surface area contributed by atoms with Gasteiger partial charge in [-0.25, -0.2) is 22.0 Å². The fourth-order valence-electron chi connectivity index (χ4n) is 1.39. The van der Waals surface area contributed by atoms with Gasteiger partial charge in [0.2, 0.25) is 5.82 Å². The summed E-state index contributed by atoms with van der Waals surface area (Å²) in [6.45, 7) is 0. The van der Waals surface area contributed by atoms with Crippen molar-refractivity contribution >= 4 is 5.97 Å². The minimum Gasteiger partial charge on any atom is -0.481 e. The summed E-state index contributed by atoms with van der Waals surface area (Å²) in [5, 5.41) is 8.38. The van der Waals surface area contributed by atoms with Crippen LogP contribution >= 0.6 is 0 Å². The first-order valence-corrected chi connectivity index (χ1v) is 4.73. The lowest BCUT2D eigenvalue weighted by atomic mass is 10.0. The average molecular weight is 269 g/mol. The summed E-state index contributed by atoms with van der Waals surface area (Å²) >= 11 is 0. The number of carboxylic acid groups (broad SMARTS) is 1. The minimum absolute atomic E-state index is 0.653. The molecule has 0 radical (unpaired) electrons. The summed E-state index contributed by atoms with van der Waals surface area (Å²) in [6, 6.07) is -1.25. The quantitative estimate of drug-likeness (QED) is 0.497. The lowest BCUT2D eigenvalue weighted by Gasteiger charge is -2.12. The van der Waals surface area contributed by atoms with Crippen LogP contribution in [0.1, 0.15) is 12.0 Å². The Morgan fingerprint density at radius 3 is 1.78 bits per heavy atom. The van der Waals surface area contributed by atoms with Crippen LogP contribution in [0.15, 0.2) is 0 Å². The molecule has 1 atom stereocenters. The predicted molar refractivity (Wildman–Crippen MR) is 50.2 cm³/mol. The highest BCUT2D eigenvalue weighted by Crippen LogP contribution is 2.24. The van der Waals surface area contributed by atoms with Crippen LogP contribution in [0.2, 0.25) is 0 Å².